The van der Waals surface area contributed by atoms with Gasteiger partial charge in [0.25, 0.3) is 0 Å². The lowest BCUT2D eigenvalue weighted by atomic mass is 10.2. The highest BCUT2D eigenvalue weighted by molar-refractivity contribution is 4.85. The van der Waals surface area contributed by atoms with Gasteiger partial charge in [-0.1, -0.05) is 12.2 Å². The van der Waals surface area contributed by atoms with Crippen LogP contribution in [-0.2, 0) is 0 Å². The zero-order chi connectivity index (χ0) is 8.10. The first-order valence-electron chi connectivity index (χ1n) is 4.40. The molecule has 2 nitrogen and oxygen atoms in total. The van der Waals surface area contributed by atoms with Gasteiger partial charge in [0.1, 0.15) is 0 Å². The van der Waals surface area contributed by atoms with E-state index in [4.69, 9.17) is 0 Å². The fourth-order valence-electron chi connectivity index (χ4n) is 1.40. The van der Waals surface area contributed by atoms with E-state index in [9.17, 15) is 0 Å². The fraction of sp³-hybridized carbons (Fsp3) is 0.778. The standard InChI is InChI=1S/C9H18N2/c1-3-4-6-11-7-5-10-8-9(11)2/h3-4,9-10H,5-8H2,1-2H3. The third-order valence-electron chi connectivity index (χ3n) is 2.21. The maximum atomic E-state index is 3.38. The molecule has 0 aliphatic carbocycles. The van der Waals surface area contributed by atoms with Gasteiger partial charge in [-0.3, -0.25) is 4.90 Å². The Hall–Kier alpha value is -0.340. The van der Waals surface area contributed by atoms with Crippen LogP contribution in [0.1, 0.15) is 13.8 Å². The topological polar surface area (TPSA) is 15.3 Å². The maximum Gasteiger partial charge on any atom is 0.0196 e. The molecule has 0 bridgehead atoms. The summed E-state index contributed by atoms with van der Waals surface area (Å²) >= 11 is 0. The Balaban J connectivity index is 2.29. The quantitative estimate of drug-likeness (QED) is 0.593. The number of nitrogens with one attached hydrogen (secondary N) is 1. The van der Waals surface area contributed by atoms with E-state index in [1.165, 1.54) is 6.54 Å². The summed E-state index contributed by atoms with van der Waals surface area (Å²) in [5, 5.41) is 3.38. The second kappa shape index (κ2) is 4.52. The molecule has 1 aliphatic rings. The minimum atomic E-state index is 0.694. The Morgan fingerprint density at radius 2 is 2.45 bits per heavy atom. The highest BCUT2D eigenvalue weighted by Gasteiger charge is 2.15. The van der Waals surface area contributed by atoms with E-state index in [1.54, 1.807) is 0 Å². The summed E-state index contributed by atoms with van der Waals surface area (Å²) in [4.78, 5) is 2.50. The van der Waals surface area contributed by atoms with Crippen molar-refractivity contribution in [2.24, 2.45) is 0 Å². The van der Waals surface area contributed by atoms with Gasteiger partial charge in [0, 0.05) is 32.2 Å². The highest BCUT2D eigenvalue weighted by atomic mass is 15.2. The van der Waals surface area contributed by atoms with E-state index < -0.39 is 0 Å². The average molecular weight is 154 g/mol. The molecule has 2 heteroatoms. The van der Waals surface area contributed by atoms with Crippen LogP contribution in [0.3, 0.4) is 0 Å². The smallest absolute Gasteiger partial charge is 0.0196 e. The van der Waals surface area contributed by atoms with Crippen molar-refractivity contribution in [3.05, 3.63) is 12.2 Å². The molecule has 0 spiro atoms. The molecule has 0 amide bonds. The predicted molar refractivity (Wildman–Crippen MR) is 48.7 cm³/mol. The molecule has 0 radical (unpaired) electrons. The minimum Gasteiger partial charge on any atom is -0.314 e. The van der Waals surface area contributed by atoms with E-state index in [0.29, 0.717) is 6.04 Å². The van der Waals surface area contributed by atoms with Gasteiger partial charge in [-0.25, -0.2) is 0 Å². The Morgan fingerprint density at radius 3 is 3.09 bits per heavy atom. The van der Waals surface area contributed by atoms with Crippen LogP contribution in [0, 0.1) is 0 Å². The Bertz CT molecular complexity index is 132. The molecule has 0 aromatic carbocycles. The lowest BCUT2D eigenvalue weighted by molar-refractivity contribution is 0.192. The van der Waals surface area contributed by atoms with E-state index in [1.807, 2.05) is 0 Å². The molecule has 1 fully saturated rings. The Labute approximate surface area is 69.3 Å². The maximum absolute atomic E-state index is 3.38. The Kier molecular flexibility index (Phi) is 3.60. The number of nitrogens with zero attached hydrogens (tertiary/aromatic N) is 1. The number of rotatable bonds is 2. The van der Waals surface area contributed by atoms with Crippen LogP contribution in [0.5, 0.6) is 0 Å². The zero-order valence-corrected chi connectivity index (χ0v) is 7.51. The molecule has 1 saturated heterocycles. The first-order chi connectivity index (χ1) is 5.34. The normalized spacial score (nSPS) is 28.0. The molecule has 1 rings (SSSR count). The van der Waals surface area contributed by atoms with Gasteiger partial charge in [-0.2, -0.15) is 0 Å². The molecule has 1 N–H and O–H groups in total. The molecule has 1 atom stereocenters. The van der Waals surface area contributed by atoms with Crippen LogP contribution in [0.25, 0.3) is 0 Å². The number of hydrogen-bond acceptors (Lipinski definition) is 2. The molecule has 1 heterocycles. The van der Waals surface area contributed by atoms with Gasteiger partial charge >= 0.3 is 0 Å². The molecule has 0 aromatic rings. The van der Waals surface area contributed by atoms with Crippen LogP contribution < -0.4 is 5.32 Å². The SMILES string of the molecule is CC=CCN1CCNCC1C. The predicted octanol–water partition coefficient (Wildman–Crippen LogP) is 0.856. The lowest BCUT2D eigenvalue weighted by Gasteiger charge is -2.32. The molecule has 11 heavy (non-hydrogen) atoms. The van der Waals surface area contributed by atoms with Crippen LogP contribution in [0.2, 0.25) is 0 Å². The third kappa shape index (κ3) is 2.64. The van der Waals surface area contributed by atoms with Crippen LogP contribution >= 0.6 is 0 Å². The number of piperazine rings is 1. The third-order valence-corrected chi connectivity index (χ3v) is 2.21. The second-order valence-corrected chi connectivity index (χ2v) is 3.12. The van der Waals surface area contributed by atoms with Crippen molar-refractivity contribution in [3.8, 4) is 0 Å². The Morgan fingerprint density at radius 1 is 1.64 bits per heavy atom. The van der Waals surface area contributed by atoms with Crippen molar-refractivity contribution in [2.45, 2.75) is 19.9 Å². The van der Waals surface area contributed by atoms with Crippen molar-refractivity contribution in [3.63, 3.8) is 0 Å². The summed E-state index contributed by atoms with van der Waals surface area (Å²) in [6, 6.07) is 0.694. The van der Waals surface area contributed by atoms with Gasteiger partial charge < -0.3 is 5.32 Å². The van der Waals surface area contributed by atoms with Gasteiger partial charge in [0.2, 0.25) is 0 Å². The van der Waals surface area contributed by atoms with E-state index >= 15 is 0 Å². The van der Waals surface area contributed by atoms with Crippen molar-refractivity contribution in [1.82, 2.24) is 10.2 Å². The molecule has 0 aromatic heterocycles. The van der Waals surface area contributed by atoms with E-state index in [-0.39, 0.29) is 0 Å². The molecule has 1 unspecified atom stereocenters. The summed E-state index contributed by atoms with van der Waals surface area (Å²) in [5.41, 5.74) is 0. The summed E-state index contributed by atoms with van der Waals surface area (Å²) < 4.78 is 0. The molecular formula is C9H18N2. The molecule has 1 aliphatic heterocycles. The largest absolute Gasteiger partial charge is 0.314 e. The summed E-state index contributed by atoms with van der Waals surface area (Å²) in [6.45, 7) is 8.92. The summed E-state index contributed by atoms with van der Waals surface area (Å²) in [6.07, 6.45) is 4.34. The second-order valence-electron chi connectivity index (χ2n) is 3.12. The fourth-order valence-corrected chi connectivity index (χ4v) is 1.40. The van der Waals surface area contributed by atoms with E-state index in [0.717, 1.165) is 19.6 Å². The van der Waals surface area contributed by atoms with Gasteiger partial charge in [-0.05, 0) is 13.8 Å². The van der Waals surface area contributed by atoms with Gasteiger partial charge in [0.15, 0.2) is 0 Å². The number of hydrogen-bond donors (Lipinski definition) is 1. The monoisotopic (exact) mass is 154 g/mol. The zero-order valence-electron chi connectivity index (χ0n) is 7.51. The lowest BCUT2D eigenvalue weighted by Crippen LogP contribution is -2.49. The van der Waals surface area contributed by atoms with Gasteiger partial charge in [-0.15, -0.1) is 0 Å². The highest BCUT2D eigenvalue weighted by Crippen LogP contribution is 2.01. The number of allylic oxidation sites excluding steroid dienone is 1. The van der Waals surface area contributed by atoms with E-state index in [2.05, 4.69) is 36.2 Å². The summed E-state index contributed by atoms with van der Waals surface area (Å²) in [7, 11) is 0. The summed E-state index contributed by atoms with van der Waals surface area (Å²) in [5.74, 6) is 0. The van der Waals surface area contributed by atoms with Crippen molar-refractivity contribution in [1.29, 1.82) is 0 Å². The first kappa shape index (κ1) is 8.75. The molecular weight excluding hydrogens is 136 g/mol. The van der Waals surface area contributed by atoms with Crippen LogP contribution in [0.15, 0.2) is 12.2 Å². The van der Waals surface area contributed by atoms with Crippen molar-refractivity contribution < 1.29 is 0 Å². The molecule has 0 saturated carbocycles. The van der Waals surface area contributed by atoms with Crippen molar-refractivity contribution in [2.75, 3.05) is 26.2 Å². The van der Waals surface area contributed by atoms with Crippen LogP contribution in [0.4, 0.5) is 0 Å². The van der Waals surface area contributed by atoms with Gasteiger partial charge in [0.05, 0.1) is 0 Å². The average Bonchev–Trinajstić information content (AvgIpc) is 2.03. The van der Waals surface area contributed by atoms with Crippen molar-refractivity contribution >= 4 is 0 Å². The first-order valence-corrected chi connectivity index (χ1v) is 4.40. The van der Waals surface area contributed by atoms with Crippen LogP contribution in [-0.4, -0.2) is 37.1 Å². The molecule has 64 valence electrons. The minimum absolute atomic E-state index is 0.694.